The van der Waals surface area contributed by atoms with Crippen molar-refractivity contribution in [2.24, 2.45) is 18.7 Å². The van der Waals surface area contributed by atoms with Crippen LogP contribution in [0.4, 0.5) is 13.2 Å². The second-order valence-electron chi connectivity index (χ2n) is 8.87. The van der Waals surface area contributed by atoms with Gasteiger partial charge in [0.25, 0.3) is 0 Å². The van der Waals surface area contributed by atoms with Crippen LogP contribution >= 0.6 is 0 Å². The number of hydrogen-bond acceptors (Lipinski definition) is 5. The SMILES string of the molecule is Cn1nnc2cc(CNC(=O)C3CC(C(F)(F)F)CN3C(=O)C(N)CCc3ccccc3)ccc21. The van der Waals surface area contributed by atoms with E-state index in [9.17, 15) is 22.8 Å². The number of amides is 2. The summed E-state index contributed by atoms with van der Waals surface area (Å²) in [5.41, 5.74) is 9.20. The van der Waals surface area contributed by atoms with Crippen molar-refractivity contribution >= 4 is 22.8 Å². The van der Waals surface area contributed by atoms with Gasteiger partial charge in [0.05, 0.1) is 17.5 Å². The molecule has 0 spiro atoms. The van der Waals surface area contributed by atoms with E-state index in [2.05, 4.69) is 15.6 Å². The minimum Gasteiger partial charge on any atom is -0.350 e. The smallest absolute Gasteiger partial charge is 0.350 e. The van der Waals surface area contributed by atoms with Gasteiger partial charge in [-0.3, -0.25) is 9.59 Å². The highest BCUT2D eigenvalue weighted by atomic mass is 19.4. The lowest BCUT2D eigenvalue weighted by atomic mass is 10.0. The van der Waals surface area contributed by atoms with Gasteiger partial charge in [-0.05, 0) is 42.5 Å². The van der Waals surface area contributed by atoms with E-state index >= 15 is 0 Å². The molecule has 1 aliphatic rings. The zero-order chi connectivity index (χ0) is 25.2. The third-order valence-corrected chi connectivity index (χ3v) is 6.40. The number of nitrogens with one attached hydrogen (secondary N) is 1. The Morgan fingerprint density at radius 1 is 1.17 bits per heavy atom. The molecule has 186 valence electrons. The maximum Gasteiger partial charge on any atom is 0.393 e. The van der Waals surface area contributed by atoms with E-state index in [4.69, 9.17) is 5.73 Å². The molecule has 3 unspecified atom stereocenters. The van der Waals surface area contributed by atoms with Crippen molar-refractivity contribution in [1.29, 1.82) is 0 Å². The summed E-state index contributed by atoms with van der Waals surface area (Å²) in [6.07, 6.45) is -4.23. The van der Waals surface area contributed by atoms with Gasteiger partial charge >= 0.3 is 6.18 Å². The monoisotopic (exact) mass is 488 g/mol. The number of alkyl halides is 3. The van der Waals surface area contributed by atoms with Gasteiger partial charge < -0.3 is 16.0 Å². The molecule has 3 aromatic rings. The molecule has 8 nitrogen and oxygen atoms in total. The molecule has 0 saturated carbocycles. The van der Waals surface area contributed by atoms with Crippen LogP contribution in [0.15, 0.2) is 48.5 Å². The van der Waals surface area contributed by atoms with Gasteiger partial charge in [0.15, 0.2) is 0 Å². The zero-order valence-electron chi connectivity index (χ0n) is 19.2. The predicted molar refractivity (Wildman–Crippen MR) is 123 cm³/mol. The van der Waals surface area contributed by atoms with Crippen LogP contribution in [0.1, 0.15) is 24.0 Å². The van der Waals surface area contributed by atoms with Crippen LogP contribution in [0, 0.1) is 5.92 Å². The van der Waals surface area contributed by atoms with Gasteiger partial charge in [0.2, 0.25) is 11.8 Å². The zero-order valence-corrected chi connectivity index (χ0v) is 19.2. The lowest BCUT2D eigenvalue weighted by Crippen LogP contribution is -2.51. The quantitative estimate of drug-likeness (QED) is 0.531. The van der Waals surface area contributed by atoms with Gasteiger partial charge in [-0.1, -0.05) is 41.6 Å². The number of hydrogen-bond donors (Lipinski definition) is 2. The van der Waals surface area contributed by atoms with Crippen LogP contribution in [0.25, 0.3) is 11.0 Å². The molecule has 2 aromatic carbocycles. The van der Waals surface area contributed by atoms with E-state index in [1.807, 2.05) is 30.3 Å². The van der Waals surface area contributed by atoms with Crippen LogP contribution in [0.5, 0.6) is 0 Å². The number of nitrogens with zero attached hydrogens (tertiary/aromatic N) is 4. The van der Waals surface area contributed by atoms with Crippen LogP contribution < -0.4 is 11.1 Å². The fraction of sp³-hybridized carbons (Fsp3) is 0.417. The summed E-state index contributed by atoms with van der Waals surface area (Å²) in [6.45, 7) is -0.494. The number of carbonyl (C=O) groups is 2. The van der Waals surface area contributed by atoms with Crippen LogP contribution in [0.3, 0.4) is 0 Å². The molecule has 1 saturated heterocycles. The molecular formula is C24H27F3N6O2. The molecular weight excluding hydrogens is 461 g/mol. The molecule has 4 rings (SSSR count). The number of aryl methyl sites for hydroxylation is 2. The fourth-order valence-electron chi connectivity index (χ4n) is 4.37. The van der Waals surface area contributed by atoms with Crippen molar-refractivity contribution in [3.8, 4) is 0 Å². The maximum atomic E-state index is 13.5. The Balaban J connectivity index is 1.43. The number of aromatic nitrogens is 3. The number of nitrogens with two attached hydrogens (primary N) is 1. The van der Waals surface area contributed by atoms with E-state index in [1.165, 1.54) is 0 Å². The van der Waals surface area contributed by atoms with Crippen molar-refractivity contribution in [3.63, 3.8) is 0 Å². The highest BCUT2D eigenvalue weighted by molar-refractivity contribution is 5.90. The second kappa shape index (κ2) is 10.0. The molecule has 0 radical (unpaired) electrons. The minimum absolute atomic E-state index is 0.0840. The summed E-state index contributed by atoms with van der Waals surface area (Å²) in [6, 6.07) is 12.5. The highest BCUT2D eigenvalue weighted by Gasteiger charge is 2.51. The first kappa shape index (κ1) is 24.6. The summed E-state index contributed by atoms with van der Waals surface area (Å²) in [5, 5.41) is 10.6. The molecule has 0 bridgehead atoms. The first-order valence-corrected chi connectivity index (χ1v) is 11.4. The first-order chi connectivity index (χ1) is 16.6. The van der Waals surface area contributed by atoms with E-state index in [1.54, 1.807) is 29.9 Å². The van der Waals surface area contributed by atoms with Crippen LogP contribution in [0.2, 0.25) is 0 Å². The van der Waals surface area contributed by atoms with E-state index in [-0.39, 0.29) is 13.0 Å². The normalized spacial score (nSPS) is 19.2. The Hall–Kier alpha value is -3.47. The summed E-state index contributed by atoms with van der Waals surface area (Å²) < 4.78 is 42.1. The first-order valence-electron chi connectivity index (χ1n) is 11.4. The lowest BCUT2D eigenvalue weighted by molar-refractivity contribution is -0.171. The Morgan fingerprint density at radius 2 is 1.91 bits per heavy atom. The van der Waals surface area contributed by atoms with E-state index in [0.29, 0.717) is 17.5 Å². The summed E-state index contributed by atoms with van der Waals surface area (Å²) in [5.74, 6) is -3.06. The largest absolute Gasteiger partial charge is 0.393 e. The Kier molecular flexibility index (Phi) is 7.06. The molecule has 35 heavy (non-hydrogen) atoms. The summed E-state index contributed by atoms with van der Waals surface area (Å²) in [7, 11) is 1.75. The van der Waals surface area contributed by atoms with Crippen LogP contribution in [-0.2, 0) is 29.6 Å². The fourth-order valence-corrected chi connectivity index (χ4v) is 4.37. The molecule has 1 fully saturated rings. The maximum absolute atomic E-state index is 13.5. The lowest BCUT2D eigenvalue weighted by Gasteiger charge is -2.27. The van der Waals surface area contributed by atoms with Gasteiger partial charge in [0, 0.05) is 20.1 Å². The average molecular weight is 489 g/mol. The molecule has 11 heteroatoms. The van der Waals surface area contributed by atoms with Crippen molar-refractivity contribution in [2.45, 2.75) is 44.1 Å². The number of likely N-dealkylation sites (tertiary alicyclic amines) is 1. The second-order valence-corrected chi connectivity index (χ2v) is 8.87. The number of rotatable bonds is 7. The molecule has 1 aromatic heterocycles. The number of fused-ring (bicyclic) bond motifs is 1. The molecule has 3 N–H and O–H groups in total. The Labute approximate surface area is 200 Å². The van der Waals surface area contributed by atoms with Crippen molar-refractivity contribution in [1.82, 2.24) is 25.2 Å². The van der Waals surface area contributed by atoms with Gasteiger partial charge in [-0.2, -0.15) is 13.2 Å². The summed E-state index contributed by atoms with van der Waals surface area (Å²) >= 11 is 0. The van der Waals surface area contributed by atoms with E-state index < -0.39 is 49.0 Å². The van der Waals surface area contributed by atoms with E-state index in [0.717, 1.165) is 16.0 Å². The van der Waals surface area contributed by atoms with Crippen LogP contribution in [-0.4, -0.2) is 56.5 Å². The van der Waals surface area contributed by atoms with Crippen molar-refractivity contribution < 1.29 is 22.8 Å². The number of benzene rings is 2. The third kappa shape index (κ3) is 5.61. The molecule has 3 atom stereocenters. The number of halogens is 3. The van der Waals surface area contributed by atoms with Gasteiger partial charge in [0.1, 0.15) is 11.6 Å². The third-order valence-electron chi connectivity index (χ3n) is 6.40. The number of carbonyl (C=O) groups excluding carboxylic acids is 2. The minimum atomic E-state index is -4.52. The predicted octanol–water partition coefficient (Wildman–Crippen LogP) is 2.32. The molecule has 2 amide bonds. The molecule has 2 heterocycles. The standard InChI is InChI=1S/C24H27F3N6O2/c1-32-20-10-8-16(11-19(20)30-31-32)13-29-22(34)21-12-17(24(25,26)27)14-33(21)23(35)18(28)9-7-15-5-3-2-4-6-15/h2-6,8,10-11,17-18,21H,7,9,12-14,28H2,1H3,(H,29,34). The topological polar surface area (TPSA) is 106 Å². The van der Waals surface area contributed by atoms with Gasteiger partial charge in [-0.15, -0.1) is 5.10 Å². The Bertz CT molecular complexity index is 1200. The molecule has 0 aliphatic carbocycles. The highest BCUT2D eigenvalue weighted by Crippen LogP contribution is 2.37. The van der Waals surface area contributed by atoms with Crippen molar-refractivity contribution in [3.05, 3.63) is 59.7 Å². The molecule has 1 aliphatic heterocycles. The average Bonchev–Trinajstić information content (AvgIpc) is 3.45. The summed E-state index contributed by atoms with van der Waals surface area (Å²) in [4.78, 5) is 26.9. The van der Waals surface area contributed by atoms with Crippen molar-refractivity contribution in [2.75, 3.05) is 6.54 Å². The Morgan fingerprint density at radius 3 is 2.63 bits per heavy atom. The van der Waals surface area contributed by atoms with Gasteiger partial charge in [-0.25, -0.2) is 4.68 Å².